The Kier molecular flexibility index (Phi) is 4.45. The number of hydrogen-bond acceptors (Lipinski definition) is 2. The van der Waals surface area contributed by atoms with Crippen molar-refractivity contribution in [2.75, 3.05) is 0 Å². The lowest BCUT2D eigenvalue weighted by atomic mass is 10.0. The number of halogens is 1. The van der Waals surface area contributed by atoms with Crippen LogP contribution in [0.1, 0.15) is 43.7 Å². The van der Waals surface area contributed by atoms with Crippen LogP contribution in [-0.4, -0.2) is 0 Å². The molecular formula is C15H18ClNO. The van der Waals surface area contributed by atoms with Crippen LogP contribution in [0.4, 0.5) is 0 Å². The van der Waals surface area contributed by atoms with Crippen molar-refractivity contribution in [3.63, 3.8) is 0 Å². The summed E-state index contributed by atoms with van der Waals surface area (Å²) in [6, 6.07) is 12.4. The number of nitrogens with one attached hydrogen (secondary N) is 1. The summed E-state index contributed by atoms with van der Waals surface area (Å²) < 4.78 is 5.41. The van der Waals surface area contributed by atoms with Gasteiger partial charge in [0.05, 0.1) is 12.3 Å². The van der Waals surface area contributed by atoms with E-state index >= 15 is 0 Å². The molecule has 1 aromatic heterocycles. The van der Waals surface area contributed by atoms with Crippen LogP contribution in [0.3, 0.4) is 0 Å². The third-order valence-electron chi connectivity index (χ3n) is 3.10. The van der Waals surface area contributed by atoms with Gasteiger partial charge < -0.3 is 9.73 Å². The molecule has 0 fully saturated rings. The maximum absolute atomic E-state index is 5.91. The lowest BCUT2D eigenvalue weighted by Crippen LogP contribution is -2.23. The third-order valence-corrected chi connectivity index (χ3v) is 3.35. The number of furan rings is 1. The van der Waals surface area contributed by atoms with Gasteiger partial charge in [-0.1, -0.05) is 30.7 Å². The van der Waals surface area contributed by atoms with E-state index in [9.17, 15) is 0 Å². The number of hydrogen-bond donors (Lipinski definition) is 1. The lowest BCUT2D eigenvalue weighted by molar-refractivity contribution is 0.387. The summed E-state index contributed by atoms with van der Waals surface area (Å²) in [7, 11) is 0. The van der Waals surface area contributed by atoms with Crippen molar-refractivity contribution in [3.8, 4) is 0 Å². The fourth-order valence-electron chi connectivity index (χ4n) is 2.07. The SMILES string of the molecule is CCC(N[C@@H](C)c1ccco1)c1ccc(Cl)cc1. The highest BCUT2D eigenvalue weighted by atomic mass is 35.5. The highest BCUT2D eigenvalue weighted by molar-refractivity contribution is 6.30. The fraction of sp³-hybridized carbons (Fsp3) is 0.333. The topological polar surface area (TPSA) is 25.2 Å². The first-order chi connectivity index (χ1) is 8.70. The van der Waals surface area contributed by atoms with Gasteiger partial charge in [-0.2, -0.15) is 0 Å². The van der Waals surface area contributed by atoms with Crippen LogP contribution >= 0.6 is 11.6 Å². The average molecular weight is 264 g/mol. The molecule has 0 amide bonds. The summed E-state index contributed by atoms with van der Waals surface area (Å²) in [4.78, 5) is 0. The summed E-state index contributed by atoms with van der Waals surface area (Å²) in [6.45, 7) is 4.28. The molecular weight excluding hydrogens is 246 g/mol. The Morgan fingerprint density at radius 1 is 1.22 bits per heavy atom. The molecule has 96 valence electrons. The standard InChI is InChI=1S/C15H18ClNO/c1-3-14(12-6-8-13(16)9-7-12)17-11(2)15-5-4-10-18-15/h4-11,14,17H,3H2,1-2H3/t11-,14?/m0/s1. The van der Waals surface area contributed by atoms with Crippen LogP contribution in [0.2, 0.25) is 5.02 Å². The van der Waals surface area contributed by atoms with Crippen molar-refractivity contribution < 1.29 is 4.42 Å². The van der Waals surface area contributed by atoms with Gasteiger partial charge in [-0.15, -0.1) is 0 Å². The smallest absolute Gasteiger partial charge is 0.120 e. The lowest BCUT2D eigenvalue weighted by Gasteiger charge is -2.21. The van der Waals surface area contributed by atoms with Crippen LogP contribution in [0.25, 0.3) is 0 Å². The van der Waals surface area contributed by atoms with E-state index in [0.717, 1.165) is 17.2 Å². The Morgan fingerprint density at radius 2 is 1.94 bits per heavy atom. The van der Waals surface area contributed by atoms with Crippen molar-refractivity contribution in [2.24, 2.45) is 0 Å². The van der Waals surface area contributed by atoms with Crippen molar-refractivity contribution in [1.29, 1.82) is 0 Å². The molecule has 1 unspecified atom stereocenters. The van der Waals surface area contributed by atoms with Gasteiger partial charge in [-0.05, 0) is 43.2 Å². The van der Waals surface area contributed by atoms with Gasteiger partial charge in [0.25, 0.3) is 0 Å². The van der Waals surface area contributed by atoms with Gasteiger partial charge in [-0.3, -0.25) is 0 Å². The Bertz CT molecular complexity index is 464. The molecule has 2 rings (SSSR count). The molecule has 2 aromatic rings. The van der Waals surface area contributed by atoms with Crippen LogP contribution in [0, 0.1) is 0 Å². The highest BCUT2D eigenvalue weighted by Gasteiger charge is 2.15. The predicted octanol–water partition coefficient (Wildman–Crippen LogP) is 4.73. The number of benzene rings is 1. The van der Waals surface area contributed by atoms with Crippen LogP contribution in [-0.2, 0) is 0 Å². The molecule has 0 spiro atoms. The quantitative estimate of drug-likeness (QED) is 0.843. The van der Waals surface area contributed by atoms with Gasteiger partial charge in [-0.25, -0.2) is 0 Å². The van der Waals surface area contributed by atoms with E-state index in [0.29, 0.717) is 6.04 Å². The third kappa shape index (κ3) is 3.15. The minimum Gasteiger partial charge on any atom is -0.468 e. The van der Waals surface area contributed by atoms with Gasteiger partial charge in [0.1, 0.15) is 5.76 Å². The van der Waals surface area contributed by atoms with E-state index in [-0.39, 0.29) is 6.04 Å². The summed E-state index contributed by atoms with van der Waals surface area (Å²) in [5, 5.41) is 4.34. The molecule has 0 saturated heterocycles. The molecule has 0 radical (unpaired) electrons. The van der Waals surface area contributed by atoms with E-state index in [1.165, 1.54) is 5.56 Å². The zero-order valence-electron chi connectivity index (χ0n) is 10.7. The van der Waals surface area contributed by atoms with E-state index in [2.05, 4.69) is 31.3 Å². The van der Waals surface area contributed by atoms with E-state index < -0.39 is 0 Å². The first-order valence-corrected chi connectivity index (χ1v) is 6.63. The molecule has 3 heteroatoms. The van der Waals surface area contributed by atoms with Crippen molar-refractivity contribution >= 4 is 11.6 Å². The normalized spacial score (nSPS) is 14.4. The minimum atomic E-state index is 0.195. The van der Waals surface area contributed by atoms with E-state index in [1.807, 2.05) is 24.3 Å². The Morgan fingerprint density at radius 3 is 2.50 bits per heavy atom. The van der Waals surface area contributed by atoms with Crippen LogP contribution < -0.4 is 5.32 Å². The summed E-state index contributed by atoms with van der Waals surface area (Å²) in [5.41, 5.74) is 1.25. The van der Waals surface area contributed by atoms with Crippen molar-refractivity contribution in [3.05, 3.63) is 59.0 Å². The monoisotopic (exact) mass is 263 g/mol. The maximum Gasteiger partial charge on any atom is 0.120 e. The van der Waals surface area contributed by atoms with Gasteiger partial charge in [0, 0.05) is 11.1 Å². The second kappa shape index (κ2) is 6.07. The summed E-state index contributed by atoms with van der Waals surface area (Å²) >= 11 is 5.91. The Balaban J connectivity index is 2.07. The largest absolute Gasteiger partial charge is 0.468 e. The predicted molar refractivity (Wildman–Crippen MR) is 74.7 cm³/mol. The van der Waals surface area contributed by atoms with Crippen molar-refractivity contribution in [2.45, 2.75) is 32.4 Å². The first-order valence-electron chi connectivity index (χ1n) is 6.25. The maximum atomic E-state index is 5.91. The van der Waals surface area contributed by atoms with Crippen LogP contribution in [0.15, 0.2) is 47.1 Å². The molecule has 1 aromatic carbocycles. The Hall–Kier alpha value is -1.25. The molecule has 2 nitrogen and oxygen atoms in total. The molecule has 1 heterocycles. The van der Waals surface area contributed by atoms with Gasteiger partial charge >= 0.3 is 0 Å². The zero-order chi connectivity index (χ0) is 13.0. The van der Waals surface area contributed by atoms with E-state index in [1.54, 1.807) is 6.26 Å². The van der Waals surface area contributed by atoms with E-state index in [4.69, 9.17) is 16.0 Å². The minimum absolute atomic E-state index is 0.195. The molecule has 0 aliphatic heterocycles. The molecule has 0 aliphatic rings. The second-order valence-electron chi connectivity index (χ2n) is 4.42. The van der Waals surface area contributed by atoms with Crippen molar-refractivity contribution in [1.82, 2.24) is 5.32 Å². The molecule has 0 saturated carbocycles. The molecule has 1 N–H and O–H groups in total. The average Bonchev–Trinajstić information content (AvgIpc) is 2.91. The summed E-state index contributed by atoms with van der Waals surface area (Å²) in [6.07, 6.45) is 2.73. The van der Waals surface area contributed by atoms with Gasteiger partial charge in [0.2, 0.25) is 0 Å². The molecule has 18 heavy (non-hydrogen) atoms. The Labute approximate surface area is 113 Å². The fourth-order valence-corrected chi connectivity index (χ4v) is 2.19. The molecule has 0 bridgehead atoms. The number of rotatable bonds is 5. The summed E-state index contributed by atoms with van der Waals surface area (Å²) in [5.74, 6) is 0.961. The highest BCUT2D eigenvalue weighted by Crippen LogP contribution is 2.23. The molecule has 0 aliphatic carbocycles. The second-order valence-corrected chi connectivity index (χ2v) is 4.85. The van der Waals surface area contributed by atoms with Crippen LogP contribution in [0.5, 0.6) is 0 Å². The van der Waals surface area contributed by atoms with Gasteiger partial charge in [0.15, 0.2) is 0 Å². The first kappa shape index (κ1) is 13.2. The molecule has 2 atom stereocenters. The zero-order valence-corrected chi connectivity index (χ0v) is 11.4.